The maximum atomic E-state index is 13.9. The van der Waals surface area contributed by atoms with Gasteiger partial charge in [0.1, 0.15) is 5.41 Å². The molecule has 1 aliphatic rings. The minimum absolute atomic E-state index is 0.0432. The fourth-order valence-electron chi connectivity index (χ4n) is 4.94. The molecular weight excluding hydrogens is 438 g/mol. The summed E-state index contributed by atoms with van der Waals surface area (Å²) >= 11 is 3.67. The number of aromatic nitrogens is 2. The first kappa shape index (κ1) is 17.5. The van der Waals surface area contributed by atoms with Gasteiger partial charge < -0.3 is 15.3 Å². The molecule has 4 nitrogen and oxygen atoms in total. The van der Waals surface area contributed by atoms with Gasteiger partial charge in [-0.3, -0.25) is 4.79 Å². The number of rotatable bonds is 2. The molecule has 1 amide bonds. The predicted octanol–water partition coefficient (Wildman–Crippen LogP) is 6.01. The summed E-state index contributed by atoms with van der Waals surface area (Å²) < 4.78 is 0.896. The molecule has 0 bridgehead atoms. The normalized spacial score (nSPS) is 14.9. The Balaban J connectivity index is 1.82. The summed E-state index contributed by atoms with van der Waals surface area (Å²) in [6.07, 6.45) is 3.97. The molecule has 30 heavy (non-hydrogen) atoms. The van der Waals surface area contributed by atoms with Crippen molar-refractivity contribution in [1.29, 1.82) is 0 Å². The van der Waals surface area contributed by atoms with Crippen LogP contribution in [0.3, 0.4) is 0 Å². The van der Waals surface area contributed by atoms with E-state index in [1.807, 2.05) is 54.9 Å². The van der Waals surface area contributed by atoms with Crippen LogP contribution < -0.4 is 5.32 Å². The van der Waals surface area contributed by atoms with Crippen LogP contribution in [0.1, 0.15) is 22.3 Å². The zero-order chi connectivity index (χ0) is 20.5. The molecule has 5 aromatic rings. The first-order valence-corrected chi connectivity index (χ1v) is 10.7. The van der Waals surface area contributed by atoms with Gasteiger partial charge in [0.25, 0.3) is 0 Å². The van der Waals surface area contributed by atoms with Gasteiger partial charge in [-0.05, 0) is 46.6 Å². The number of nitrogens with one attached hydrogen (secondary N) is 3. The number of anilines is 1. The third-order valence-electron chi connectivity index (χ3n) is 6.20. The van der Waals surface area contributed by atoms with Gasteiger partial charge in [-0.2, -0.15) is 0 Å². The molecule has 5 heteroatoms. The van der Waals surface area contributed by atoms with E-state index in [-0.39, 0.29) is 5.91 Å². The van der Waals surface area contributed by atoms with Gasteiger partial charge in [0.15, 0.2) is 0 Å². The fraction of sp³-hybridized carbons (Fsp3) is 0.0800. The number of hydrogen-bond acceptors (Lipinski definition) is 1. The third kappa shape index (κ3) is 2.13. The summed E-state index contributed by atoms with van der Waals surface area (Å²) in [6.45, 7) is 2.06. The molecule has 0 aliphatic carbocycles. The summed E-state index contributed by atoms with van der Waals surface area (Å²) in [5.74, 6) is -0.0432. The lowest BCUT2D eigenvalue weighted by Gasteiger charge is -2.28. The molecule has 3 heterocycles. The SMILES string of the molecule is Cc1cc(Br)c2c(c1)C(c1c[nH]c3ccccc13)(c1c[nH]c3ccccc13)C(=O)N2. The van der Waals surface area contributed by atoms with Crippen molar-refractivity contribution in [2.45, 2.75) is 12.3 Å². The van der Waals surface area contributed by atoms with Crippen molar-refractivity contribution in [3.05, 3.63) is 99.8 Å². The van der Waals surface area contributed by atoms with Crippen LogP contribution in [0.2, 0.25) is 0 Å². The molecule has 0 spiro atoms. The summed E-state index contributed by atoms with van der Waals surface area (Å²) in [5, 5.41) is 5.27. The first-order valence-electron chi connectivity index (χ1n) is 9.86. The second kappa shape index (κ2) is 6.09. The lowest BCUT2D eigenvalue weighted by atomic mass is 9.70. The second-order valence-corrected chi connectivity index (χ2v) is 8.72. The highest BCUT2D eigenvalue weighted by Gasteiger charge is 2.52. The molecule has 0 atom stereocenters. The van der Waals surface area contributed by atoms with E-state index in [1.165, 1.54) is 0 Å². The molecule has 0 radical (unpaired) electrons. The molecule has 1 aliphatic heterocycles. The Labute approximate surface area is 181 Å². The minimum Gasteiger partial charge on any atom is -0.361 e. The van der Waals surface area contributed by atoms with E-state index < -0.39 is 5.41 Å². The van der Waals surface area contributed by atoms with Gasteiger partial charge in [0, 0.05) is 55.4 Å². The number of aromatic amines is 2. The maximum absolute atomic E-state index is 13.9. The predicted molar refractivity (Wildman–Crippen MR) is 124 cm³/mol. The zero-order valence-corrected chi connectivity index (χ0v) is 17.8. The van der Waals surface area contributed by atoms with Crippen LogP contribution in [0.25, 0.3) is 21.8 Å². The van der Waals surface area contributed by atoms with E-state index in [4.69, 9.17) is 0 Å². The number of H-pyrrole nitrogens is 2. The van der Waals surface area contributed by atoms with Crippen molar-refractivity contribution >= 4 is 49.3 Å². The van der Waals surface area contributed by atoms with Crippen LogP contribution >= 0.6 is 15.9 Å². The smallest absolute Gasteiger partial charge is 0.244 e. The van der Waals surface area contributed by atoms with Crippen molar-refractivity contribution in [2.75, 3.05) is 5.32 Å². The number of amides is 1. The number of fused-ring (bicyclic) bond motifs is 3. The Hall–Kier alpha value is -3.31. The minimum atomic E-state index is -0.969. The van der Waals surface area contributed by atoms with Crippen LogP contribution in [0.5, 0.6) is 0 Å². The summed E-state index contributed by atoms with van der Waals surface area (Å²) in [6, 6.07) is 20.5. The highest BCUT2D eigenvalue weighted by atomic mass is 79.9. The standard InChI is InChI=1S/C25H18BrN3O/c1-14-10-17-23(20(26)11-14)29-24(30)25(17,18-12-27-21-8-4-2-6-15(18)21)19-13-28-22-9-5-3-7-16(19)22/h2-13,27-28H,1H3,(H,29,30). The maximum Gasteiger partial charge on any atom is 0.244 e. The number of hydrogen-bond donors (Lipinski definition) is 3. The molecule has 0 unspecified atom stereocenters. The van der Waals surface area contributed by atoms with Crippen molar-refractivity contribution < 1.29 is 4.79 Å². The summed E-state index contributed by atoms with van der Waals surface area (Å²) in [4.78, 5) is 20.7. The van der Waals surface area contributed by atoms with E-state index in [0.717, 1.165) is 54.2 Å². The quantitative estimate of drug-likeness (QED) is 0.300. The average molecular weight is 456 g/mol. The van der Waals surface area contributed by atoms with Gasteiger partial charge in [-0.25, -0.2) is 0 Å². The molecule has 0 saturated heterocycles. The highest BCUT2D eigenvalue weighted by molar-refractivity contribution is 9.10. The van der Waals surface area contributed by atoms with Crippen molar-refractivity contribution in [3.63, 3.8) is 0 Å². The van der Waals surface area contributed by atoms with E-state index in [0.29, 0.717) is 0 Å². The molecule has 0 fully saturated rings. The summed E-state index contributed by atoms with van der Waals surface area (Å²) in [5.41, 5.74) is 5.87. The molecule has 146 valence electrons. The monoisotopic (exact) mass is 455 g/mol. The van der Waals surface area contributed by atoms with Crippen LogP contribution in [-0.2, 0) is 10.2 Å². The highest BCUT2D eigenvalue weighted by Crippen LogP contribution is 2.53. The Morgan fingerprint density at radius 3 is 1.97 bits per heavy atom. The van der Waals surface area contributed by atoms with Gasteiger partial charge in [0.05, 0.1) is 5.69 Å². The number of halogens is 1. The van der Waals surface area contributed by atoms with Crippen LogP contribution in [-0.4, -0.2) is 15.9 Å². The topological polar surface area (TPSA) is 60.7 Å². The second-order valence-electron chi connectivity index (χ2n) is 7.87. The number of benzene rings is 3. The first-order chi connectivity index (χ1) is 14.6. The van der Waals surface area contributed by atoms with Gasteiger partial charge in [-0.15, -0.1) is 0 Å². The molecule has 3 N–H and O–H groups in total. The lowest BCUT2D eigenvalue weighted by Crippen LogP contribution is -2.36. The summed E-state index contributed by atoms with van der Waals surface area (Å²) in [7, 11) is 0. The largest absolute Gasteiger partial charge is 0.361 e. The Morgan fingerprint density at radius 2 is 1.37 bits per heavy atom. The lowest BCUT2D eigenvalue weighted by molar-refractivity contribution is -0.118. The number of para-hydroxylation sites is 2. The van der Waals surface area contributed by atoms with Gasteiger partial charge in [-0.1, -0.05) is 42.5 Å². The van der Waals surface area contributed by atoms with Crippen molar-refractivity contribution in [3.8, 4) is 0 Å². The average Bonchev–Trinajstić information content (AvgIpc) is 3.43. The number of aryl methyl sites for hydroxylation is 1. The van der Waals surface area contributed by atoms with Gasteiger partial charge in [0.2, 0.25) is 5.91 Å². The molecule has 2 aromatic heterocycles. The van der Waals surface area contributed by atoms with E-state index in [2.05, 4.69) is 56.3 Å². The van der Waals surface area contributed by atoms with E-state index >= 15 is 0 Å². The van der Waals surface area contributed by atoms with Crippen LogP contribution in [0.15, 0.2) is 77.5 Å². The number of carbonyl (C=O) groups excluding carboxylic acids is 1. The molecule has 0 saturated carbocycles. The molecule has 3 aromatic carbocycles. The van der Waals surface area contributed by atoms with Crippen LogP contribution in [0.4, 0.5) is 5.69 Å². The third-order valence-corrected chi connectivity index (χ3v) is 6.83. The Bertz CT molecular complexity index is 1400. The van der Waals surface area contributed by atoms with Crippen molar-refractivity contribution in [1.82, 2.24) is 9.97 Å². The Morgan fingerprint density at radius 1 is 0.800 bits per heavy atom. The molecule has 6 rings (SSSR count). The van der Waals surface area contributed by atoms with E-state index in [9.17, 15) is 4.79 Å². The molecular formula is C25H18BrN3O. The fourth-order valence-corrected chi connectivity index (χ4v) is 5.61. The van der Waals surface area contributed by atoms with Crippen LogP contribution in [0, 0.1) is 6.92 Å². The Kier molecular flexibility index (Phi) is 3.56. The van der Waals surface area contributed by atoms with Gasteiger partial charge >= 0.3 is 0 Å². The zero-order valence-electron chi connectivity index (χ0n) is 16.2. The van der Waals surface area contributed by atoms with E-state index in [1.54, 1.807) is 0 Å². The number of carbonyl (C=O) groups is 1. The van der Waals surface area contributed by atoms with Crippen molar-refractivity contribution in [2.24, 2.45) is 0 Å².